The maximum Gasteiger partial charge on any atom is 0.246 e. The SMILES string of the molecule is CC1CCC(CN)(OCC(=O)NC2CCCCCC2)CC1. The summed E-state index contributed by atoms with van der Waals surface area (Å²) in [6, 6.07) is 0.351. The van der Waals surface area contributed by atoms with Crippen LogP contribution < -0.4 is 11.1 Å². The highest BCUT2D eigenvalue weighted by Gasteiger charge is 2.34. The summed E-state index contributed by atoms with van der Waals surface area (Å²) < 4.78 is 5.97. The third kappa shape index (κ3) is 5.26. The van der Waals surface area contributed by atoms with Crippen molar-refractivity contribution in [2.75, 3.05) is 13.2 Å². The number of nitrogens with one attached hydrogen (secondary N) is 1. The summed E-state index contributed by atoms with van der Waals surface area (Å²) >= 11 is 0. The Morgan fingerprint density at radius 2 is 1.76 bits per heavy atom. The molecule has 2 saturated carbocycles. The Hall–Kier alpha value is -0.610. The van der Waals surface area contributed by atoms with Gasteiger partial charge in [-0.25, -0.2) is 0 Å². The van der Waals surface area contributed by atoms with Crippen molar-refractivity contribution >= 4 is 5.91 Å². The molecule has 0 spiro atoms. The minimum absolute atomic E-state index is 0.0355. The molecule has 1 amide bonds. The molecule has 0 aliphatic heterocycles. The maximum atomic E-state index is 12.1. The molecule has 0 radical (unpaired) electrons. The number of hydrogen-bond acceptors (Lipinski definition) is 3. The van der Waals surface area contributed by atoms with E-state index in [2.05, 4.69) is 12.2 Å². The van der Waals surface area contributed by atoms with E-state index in [1.54, 1.807) is 0 Å². The van der Waals surface area contributed by atoms with E-state index in [4.69, 9.17) is 10.5 Å². The molecule has 0 unspecified atom stereocenters. The average Bonchev–Trinajstić information content (AvgIpc) is 2.76. The minimum Gasteiger partial charge on any atom is -0.364 e. The Morgan fingerprint density at radius 3 is 2.33 bits per heavy atom. The summed E-state index contributed by atoms with van der Waals surface area (Å²) in [4.78, 5) is 12.1. The zero-order valence-corrected chi connectivity index (χ0v) is 13.5. The number of carbonyl (C=O) groups is 1. The Morgan fingerprint density at radius 1 is 1.14 bits per heavy atom. The van der Waals surface area contributed by atoms with E-state index in [1.807, 2.05) is 0 Å². The molecular formula is C17H32N2O2. The third-order valence-corrected chi connectivity index (χ3v) is 5.29. The summed E-state index contributed by atoms with van der Waals surface area (Å²) in [6.07, 6.45) is 11.6. The molecule has 2 aliphatic carbocycles. The van der Waals surface area contributed by atoms with Gasteiger partial charge >= 0.3 is 0 Å². The number of nitrogens with two attached hydrogens (primary N) is 1. The molecule has 0 aromatic heterocycles. The normalized spacial score (nSPS) is 31.6. The lowest BCUT2D eigenvalue weighted by Crippen LogP contribution is -2.46. The summed E-state index contributed by atoms with van der Waals surface area (Å²) in [5.41, 5.74) is 5.66. The van der Waals surface area contributed by atoms with Gasteiger partial charge in [0.05, 0.1) is 5.60 Å². The van der Waals surface area contributed by atoms with Gasteiger partial charge in [0.1, 0.15) is 6.61 Å². The molecule has 3 N–H and O–H groups in total. The summed E-state index contributed by atoms with van der Waals surface area (Å²) in [5.74, 6) is 0.793. The maximum absolute atomic E-state index is 12.1. The highest BCUT2D eigenvalue weighted by Crippen LogP contribution is 2.33. The van der Waals surface area contributed by atoms with E-state index in [0.29, 0.717) is 12.6 Å². The first kappa shape index (κ1) is 16.8. The highest BCUT2D eigenvalue weighted by molar-refractivity contribution is 5.77. The molecule has 0 aromatic rings. The van der Waals surface area contributed by atoms with Crippen LogP contribution in [-0.2, 0) is 9.53 Å². The van der Waals surface area contributed by atoms with E-state index in [-0.39, 0.29) is 18.1 Å². The van der Waals surface area contributed by atoms with Crippen molar-refractivity contribution in [2.24, 2.45) is 11.7 Å². The van der Waals surface area contributed by atoms with Gasteiger partial charge in [-0.15, -0.1) is 0 Å². The average molecular weight is 296 g/mol. The first-order valence-corrected chi connectivity index (χ1v) is 8.77. The largest absolute Gasteiger partial charge is 0.364 e. The molecule has 2 fully saturated rings. The molecule has 0 bridgehead atoms. The molecule has 122 valence electrons. The molecule has 0 aromatic carbocycles. The molecule has 4 heteroatoms. The molecular weight excluding hydrogens is 264 g/mol. The van der Waals surface area contributed by atoms with Crippen molar-refractivity contribution in [3.8, 4) is 0 Å². The Labute approximate surface area is 129 Å². The van der Waals surface area contributed by atoms with Gasteiger partial charge in [0, 0.05) is 12.6 Å². The van der Waals surface area contributed by atoms with E-state index in [0.717, 1.165) is 44.4 Å². The second-order valence-electron chi connectivity index (χ2n) is 7.11. The number of ether oxygens (including phenoxy) is 1. The van der Waals surface area contributed by atoms with Gasteiger partial charge in [-0.3, -0.25) is 4.79 Å². The number of hydrogen-bond donors (Lipinski definition) is 2. The third-order valence-electron chi connectivity index (χ3n) is 5.29. The van der Waals surface area contributed by atoms with Crippen LogP contribution in [0.3, 0.4) is 0 Å². The standard InChI is InChI=1S/C17H32N2O2/c1-14-8-10-17(13-18,11-9-14)21-12-16(20)19-15-6-4-2-3-5-7-15/h14-15H,2-13,18H2,1H3,(H,19,20). The molecule has 2 aliphatic rings. The first-order chi connectivity index (χ1) is 10.1. The van der Waals surface area contributed by atoms with Crippen LogP contribution in [0.25, 0.3) is 0 Å². The predicted octanol–water partition coefficient (Wildman–Crippen LogP) is 2.75. The fourth-order valence-electron chi connectivity index (χ4n) is 3.61. The van der Waals surface area contributed by atoms with Gasteiger partial charge in [-0.2, -0.15) is 0 Å². The highest BCUT2D eigenvalue weighted by atomic mass is 16.5. The van der Waals surface area contributed by atoms with Crippen molar-refractivity contribution in [1.29, 1.82) is 0 Å². The molecule has 0 heterocycles. The van der Waals surface area contributed by atoms with Crippen LogP contribution in [0.5, 0.6) is 0 Å². The van der Waals surface area contributed by atoms with E-state index in [9.17, 15) is 4.79 Å². The summed E-state index contributed by atoms with van der Waals surface area (Å²) in [7, 11) is 0. The van der Waals surface area contributed by atoms with Crippen LogP contribution in [0.4, 0.5) is 0 Å². The van der Waals surface area contributed by atoms with Gasteiger partial charge in [-0.1, -0.05) is 32.6 Å². The summed E-state index contributed by atoms with van der Waals surface area (Å²) in [5, 5.41) is 3.14. The Bertz CT molecular complexity index is 317. The van der Waals surface area contributed by atoms with Gasteiger partial charge in [0.15, 0.2) is 0 Å². The van der Waals surface area contributed by atoms with Gasteiger partial charge in [0.25, 0.3) is 0 Å². The van der Waals surface area contributed by atoms with Crippen molar-refractivity contribution < 1.29 is 9.53 Å². The smallest absolute Gasteiger partial charge is 0.246 e. The number of carbonyl (C=O) groups excluding carboxylic acids is 1. The van der Waals surface area contributed by atoms with Crippen molar-refractivity contribution in [2.45, 2.75) is 82.8 Å². The Balaban J connectivity index is 1.74. The molecule has 2 rings (SSSR count). The number of rotatable bonds is 5. The first-order valence-electron chi connectivity index (χ1n) is 8.77. The minimum atomic E-state index is -0.257. The zero-order valence-electron chi connectivity index (χ0n) is 13.5. The van der Waals surface area contributed by atoms with E-state index >= 15 is 0 Å². The molecule has 21 heavy (non-hydrogen) atoms. The fourth-order valence-corrected chi connectivity index (χ4v) is 3.61. The summed E-state index contributed by atoms with van der Waals surface area (Å²) in [6.45, 7) is 2.97. The number of amides is 1. The van der Waals surface area contributed by atoms with Crippen molar-refractivity contribution in [3.63, 3.8) is 0 Å². The van der Waals surface area contributed by atoms with Crippen LogP contribution >= 0.6 is 0 Å². The van der Waals surface area contributed by atoms with Gasteiger partial charge in [0.2, 0.25) is 5.91 Å². The van der Waals surface area contributed by atoms with Crippen molar-refractivity contribution in [3.05, 3.63) is 0 Å². The predicted molar refractivity (Wildman–Crippen MR) is 85.0 cm³/mol. The molecule has 0 saturated heterocycles. The lowest BCUT2D eigenvalue weighted by atomic mass is 9.79. The van der Waals surface area contributed by atoms with Crippen LogP contribution in [0.2, 0.25) is 0 Å². The van der Waals surface area contributed by atoms with Crippen LogP contribution in [0, 0.1) is 5.92 Å². The van der Waals surface area contributed by atoms with Gasteiger partial charge < -0.3 is 15.8 Å². The van der Waals surface area contributed by atoms with Gasteiger partial charge in [-0.05, 0) is 44.4 Å². The lowest BCUT2D eigenvalue weighted by molar-refractivity contribution is -0.136. The zero-order chi connectivity index (χ0) is 15.1. The quantitative estimate of drug-likeness (QED) is 0.767. The fraction of sp³-hybridized carbons (Fsp3) is 0.941. The van der Waals surface area contributed by atoms with E-state index in [1.165, 1.54) is 25.7 Å². The second-order valence-corrected chi connectivity index (χ2v) is 7.11. The van der Waals surface area contributed by atoms with Crippen LogP contribution in [-0.4, -0.2) is 30.7 Å². The van der Waals surface area contributed by atoms with E-state index < -0.39 is 0 Å². The topological polar surface area (TPSA) is 64.3 Å². The van der Waals surface area contributed by atoms with Crippen molar-refractivity contribution in [1.82, 2.24) is 5.32 Å². The molecule has 0 atom stereocenters. The van der Waals surface area contributed by atoms with Crippen LogP contribution in [0.15, 0.2) is 0 Å². The monoisotopic (exact) mass is 296 g/mol. The lowest BCUT2D eigenvalue weighted by Gasteiger charge is -2.38. The van der Waals surface area contributed by atoms with Crippen LogP contribution in [0.1, 0.15) is 71.1 Å². The molecule has 4 nitrogen and oxygen atoms in total. The second kappa shape index (κ2) is 8.14. The Kier molecular flexibility index (Phi) is 6.49.